The Bertz CT molecular complexity index is 821. The number of benzene rings is 1. The number of carbonyl (C=O) groups excluding carboxylic acids is 1. The van der Waals surface area contributed by atoms with Gasteiger partial charge in [0.25, 0.3) is 10.0 Å². The van der Waals surface area contributed by atoms with Crippen molar-refractivity contribution in [3.63, 3.8) is 0 Å². The second-order valence-electron chi connectivity index (χ2n) is 4.73. The lowest BCUT2D eigenvalue weighted by Crippen LogP contribution is -2.25. The minimum atomic E-state index is -4.03. The molecule has 0 saturated heterocycles. The van der Waals surface area contributed by atoms with Crippen LogP contribution in [0.15, 0.2) is 22.3 Å². The number of methoxy groups -OCH3 is 4. The number of rotatable bonds is 6. The van der Waals surface area contributed by atoms with Crippen LogP contribution in [0, 0.1) is 0 Å². The maximum absolute atomic E-state index is 12.4. The van der Waals surface area contributed by atoms with Crippen LogP contribution in [-0.2, 0) is 19.6 Å². The molecule has 1 aromatic rings. The van der Waals surface area contributed by atoms with Crippen LogP contribution < -0.4 is 18.9 Å². The van der Waals surface area contributed by atoms with Crippen molar-refractivity contribution in [1.82, 2.24) is 0 Å². The molecule has 1 N–H and O–H groups in total. The molecule has 25 heavy (non-hydrogen) atoms. The lowest BCUT2D eigenvalue weighted by molar-refractivity contribution is -0.132. The highest BCUT2D eigenvalue weighted by Gasteiger charge is 2.30. The maximum atomic E-state index is 12.4. The second-order valence-corrected chi connectivity index (χ2v) is 6.41. The van der Waals surface area contributed by atoms with Crippen LogP contribution in [0.2, 0.25) is 0 Å². The number of ether oxygens (including phenoxy) is 4. The summed E-state index contributed by atoms with van der Waals surface area (Å²) in [5.41, 5.74) is 0.0801. The summed E-state index contributed by atoms with van der Waals surface area (Å²) in [4.78, 5) is 11.4. The summed E-state index contributed by atoms with van der Waals surface area (Å²) < 4.78 is 47.2. The van der Waals surface area contributed by atoms with Gasteiger partial charge in [-0.15, -0.1) is 10.2 Å². The summed E-state index contributed by atoms with van der Waals surface area (Å²) in [6, 6.07) is 2.85. The normalized spacial score (nSPS) is 13.6. The van der Waals surface area contributed by atoms with Crippen molar-refractivity contribution in [3.05, 3.63) is 12.1 Å². The zero-order chi connectivity index (χ0) is 18.6. The van der Waals surface area contributed by atoms with E-state index >= 15 is 0 Å². The fourth-order valence-electron chi connectivity index (χ4n) is 2.06. The van der Waals surface area contributed by atoms with Gasteiger partial charge < -0.3 is 18.9 Å². The van der Waals surface area contributed by atoms with Crippen molar-refractivity contribution < 1.29 is 32.2 Å². The monoisotopic (exact) mass is 371 g/mol. The van der Waals surface area contributed by atoms with Gasteiger partial charge in [0.05, 0.1) is 40.5 Å². The van der Waals surface area contributed by atoms with E-state index in [1.54, 1.807) is 0 Å². The molecule has 0 amide bonds. The Morgan fingerprint density at radius 2 is 1.64 bits per heavy atom. The Morgan fingerprint density at radius 1 is 1.04 bits per heavy atom. The van der Waals surface area contributed by atoms with Crippen LogP contribution in [0.5, 0.6) is 17.2 Å². The number of hydrogen-bond donors (Lipinski definition) is 1. The van der Waals surface area contributed by atoms with Crippen LogP contribution in [0.3, 0.4) is 0 Å². The van der Waals surface area contributed by atoms with E-state index in [1.807, 2.05) is 0 Å². The third-order valence-corrected chi connectivity index (χ3v) is 4.60. The molecule has 1 aliphatic heterocycles. The van der Waals surface area contributed by atoms with E-state index in [0.29, 0.717) is 5.75 Å². The standard InChI is InChI=1S/C14H17N3O7S/c1-21-10-5-8(6-11(22-2)13(10)23-3)17-25(19,20)12-7-9(15-16-12)14(18)24-4/h5-6,17H,7H2,1-4H3. The lowest BCUT2D eigenvalue weighted by atomic mass is 10.2. The maximum Gasteiger partial charge on any atom is 0.354 e. The molecule has 0 fully saturated rings. The van der Waals surface area contributed by atoms with Crippen LogP contribution in [0.4, 0.5) is 5.69 Å². The Hall–Kier alpha value is -2.82. The van der Waals surface area contributed by atoms with Crippen LogP contribution in [0.25, 0.3) is 0 Å². The van der Waals surface area contributed by atoms with Crippen molar-refractivity contribution in [2.75, 3.05) is 33.2 Å². The second kappa shape index (κ2) is 7.38. The summed E-state index contributed by atoms with van der Waals surface area (Å²) in [5, 5.41) is 6.77. The van der Waals surface area contributed by atoms with E-state index in [2.05, 4.69) is 19.7 Å². The molecule has 1 aromatic carbocycles. The molecular formula is C14H17N3O7S. The Labute approximate surface area is 144 Å². The van der Waals surface area contributed by atoms with Crippen molar-refractivity contribution >= 4 is 32.4 Å². The van der Waals surface area contributed by atoms with E-state index in [9.17, 15) is 13.2 Å². The third kappa shape index (κ3) is 3.82. The highest BCUT2D eigenvalue weighted by molar-refractivity contribution is 8.07. The SMILES string of the molecule is COC(=O)C1=NN=C(S(=O)(=O)Nc2cc(OC)c(OC)c(OC)c2)C1. The molecule has 1 aliphatic rings. The molecule has 0 saturated carbocycles. The van der Waals surface area contributed by atoms with Gasteiger partial charge in [0, 0.05) is 12.1 Å². The van der Waals surface area contributed by atoms with E-state index in [4.69, 9.17) is 14.2 Å². The number of nitrogens with zero attached hydrogens (tertiary/aromatic N) is 2. The topological polar surface area (TPSA) is 125 Å². The first kappa shape index (κ1) is 18.5. The van der Waals surface area contributed by atoms with Crippen molar-refractivity contribution in [2.24, 2.45) is 10.2 Å². The van der Waals surface area contributed by atoms with Gasteiger partial charge in [-0.1, -0.05) is 0 Å². The van der Waals surface area contributed by atoms with E-state index in [-0.39, 0.29) is 34.4 Å². The van der Waals surface area contributed by atoms with E-state index in [0.717, 1.165) is 0 Å². The number of esters is 1. The smallest absolute Gasteiger partial charge is 0.354 e. The van der Waals surface area contributed by atoms with Gasteiger partial charge in [-0.3, -0.25) is 4.72 Å². The fourth-order valence-corrected chi connectivity index (χ4v) is 3.08. The van der Waals surface area contributed by atoms with Crippen LogP contribution in [0.1, 0.15) is 6.42 Å². The summed E-state index contributed by atoms with van der Waals surface area (Å²) in [7, 11) is 1.39. The van der Waals surface area contributed by atoms with Crippen molar-refractivity contribution in [3.8, 4) is 17.2 Å². The minimum absolute atomic E-state index is 0.0900. The van der Waals surface area contributed by atoms with Gasteiger partial charge in [0.2, 0.25) is 5.75 Å². The molecule has 0 aromatic heterocycles. The Morgan fingerprint density at radius 3 is 2.12 bits per heavy atom. The highest BCUT2D eigenvalue weighted by Crippen LogP contribution is 2.40. The van der Waals surface area contributed by atoms with Crippen molar-refractivity contribution in [1.29, 1.82) is 0 Å². The van der Waals surface area contributed by atoms with Gasteiger partial charge in [0.1, 0.15) is 0 Å². The molecule has 11 heteroatoms. The summed E-state index contributed by atoms with van der Waals surface area (Å²) in [6.07, 6.45) is -0.258. The molecule has 136 valence electrons. The predicted octanol–water partition coefficient (Wildman–Crippen LogP) is 0.785. The first-order chi connectivity index (χ1) is 11.9. The number of carbonyl (C=O) groups is 1. The molecule has 0 atom stereocenters. The highest BCUT2D eigenvalue weighted by atomic mass is 32.2. The van der Waals surface area contributed by atoms with Crippen LogP contribution >= 0.6 is 0 Å². The molecule has 0 unspecified atom stereocenters. The largest absolute Gasteiger partial charge is 0.493 e. The number of hydrogen-bond acceptors (Lipinski definition) is 9. The molecular weight excluding hydrogens is 354 g/mol. The van der Waals surface area contributed by atoms with Crippen LogP contribution in [-0.4, -0.2) is 53.6 Å². The lowest BCUT2D eigenvalue weighted by Gasteiger charge is -2.15. The molecule has 2 rings (SSSR count). The average Bonchev–Trinajstić information content (AvgIpc) is 3.10. The molecule has 0 radical (unpaired) electrons. The summed E-state index contributed by atoms with van der Waals surface area (Å²) >= 11 is 0. The zero-order valence-electron chi connectivity index (χ0n) is 14.0. The quantitative estimate of drug-likeness (QED) is 0.733. The van der Waals surface area contributed by atoms with Gasteiger partial charge in [-0.05, 0) is 0 Å². The number of nitrogens with one attached hydrogen (secondary N) is 1. The van der Waals surface area contributed by atoms with Gasteiger partial charge in [-0.25, -0.2) is 4.79 Å². The fraction of sp³-hybridized carbons (Fsp3) is 0.357. The van der Waals surface area contributed by atoms with E-state index in [1.165, 1.54) is 40.6 Å². The number of sulfonamides is 1. The zero-order valence-corrected chi connectivity index (χ0v) is 14.8. The summed E-state index contributed by atoms with van der Waals surface area (Å²) in [6.45, 7) is 0. The first-order valence-corrected chi connectivity index (χ1v) is 8.39. The van der Waals surface area contributed by atoms with Gasteiger partial charge in [-0.2, -0.15) is 8.42 Å². The first-order valence-electron chi connectivity index (χ1n) is 6.90. The number of anilines is 1. The van der Waals surface area contributed by atoms with Gasteiger partial charge in [0.15, 0.2) is 22.3 Å². The average molecular weight is 371 g/mol. The molecule has 0 aliphatic carbocycles. The predicted molar refractivity (Wildman–Crippen MR) is 90.1 cm³/mol. The Balaban J connectivity index is 2.26. The Kier molecular flexibility index (Phi) is 5.47. The molecule has 1 heterocycles. The molecule has 0 spiro atoms. The molecule has 10 nitrogen and oxygen atoms in total. The minimum Gasteiger partial charge on any atom is -0.493 e. The van der Waals surface area contributed by atoms with E-state index < -0.39 is 16.0 Å². The van der Waals surface area contributed by atoms with Gasteiger partial charge >= 0.3 is 5.97 Å². The summed E-state index contributed by atoms with van der Waals surface area (Å²) in [5.74, 6) is 0.142. The third-order valence-electron chi connectivity index (χ3n) is 3.25. The van der Waals surface area contributed by atoms with Crippen molar-refractivity contribution in [2.45, 2.75) is 6.42 Å². The molecule has 0 bridgehead atoms.